The molecule has 1 atom stereocenters. The van der Waals surface area contributed by atoms with E-state index in [1.54, 1.807) is 26.8 Å². The van der Waals surface area contributed by atoms with Crippen molar-refractivity contribution in [3.8, 4) is 0 Å². The van der Waals surface area contributed by atoms with Crippen molar-refractivity contribution in [2.45, 2.75) is 52.1 Å². The second-order valence-corrected chi connectivity index (χ2v) is 8.38. The lowest BCUT2D eigenvalue weighted by atomic mass is 9.94. The van der Waals surface area contributed by atoms with Gasteiger partial charge in [0.25, 0.3) is 11.8 Å². The lowest BCUT2D eigenvalue weighted by Gasteiger charge is -2.41. The van der Waals surface area contributed by atoms with Gasteiger partial charge >= 0.3 is 5.97 Å². The van der Waals surface area contributed by atoms with Crippen molar-refractivity contribution in [2.24, 2.45) is 0 Å². The van der Waals surface area contributed by atoms with Gasteiger partial charge in [0.15, 0.2) is 0 Å². The van der Waals surface area contributed by atoms with E-state index in [4.69, 9.17) is 4.74 Å². The van der Waals surface area contributed by atoms with Crippen molar-refractivity contribution in [3.63, 3.8) is 0 Å². The van der Waals surface area contributed by atoms with Crippen LogP contribution in [0.15, 0.2) is 48.5 Å². The summed E-state index contributed by atoms with van der Waals surface area (Å²) in [7, 11) is 0. The minimum Gasteiger partial charge on any atom is -0.462 e. The van der Waals surface area contributed by atoms with E-state index in [1.807, 2.05) is 6.92 Å². The highest BCUT2D eigenvalue weighted by Crippen LogP contribution is 2.33. The number of anilines is 1. The summed E-state index contributed by atoms with van der Waals surface area (Å²) >= 11 is 0. The summed E-state index contributed by atoms with van der Waals surface area (Å²) in [4.78, 5) is 53.8. The molecular weight excluding hydrogens is 427 g/mol. The third-order valence-electron chi connectivity index (χ3n) is 5.91. The van der Waals surface area contributed by atoms with Crippen LogP contribution in [0.4, 0.5) is 10.1 Å². The van der Waals surface area contributed by atoms with Crippen molar-refractivity contribution in [1.29, 1.82) is 0 Å². The van der Waals surface area contributed by atoms with E-state index in [9.17, 15) is 23.6 Å². The Morgan fingerprint density at radius 1 is 1.09 bits per heavy atom. The fraction of sp³-hybridized carbons (Fsp3) is 0.360. The predicted octanol–water partition coefficient (Wildman–Crippen LogP) is 3.97. The molecule has 8 heteroatoms. The Labute approximate surface area is 192 Å². The van der Waals surface area contributed by atoms with Crippen LogP contribution >= 0.6 is 0 Å². The van der Waals surface area contributed by atoms with Gasteiger partial charge in [-0.2, -0.15) is 0 Å². The van der Waals surface area contributed by atoms with E-state index in [0.29, 0.717) is 12.0 Å². The maximum Gasteiger partial charge on any atom is 0.338 e. The van der Waals surface area contributed by atoms with Gasteiger partial charge in [-0.25, -0.2) is 14.1 Å². The molecule has 1 fully saturated rings. The Balaban J connectivity index is 1.95. The maximum absolute atomic E-state index is 14.4. The number of benzene rings is 2. The van der Waals surface area contributed by atoms with Crippen molar-refractivity contribution in [2.75, 3.05) is 11.5 Å². The van der Waals surface area contributed by atoms with Gasteiger partial charge in [0, 0.05) is 5.54 Å². The smallest absolute Gasteiger partial charge is 0.338 e. The van der Waals surface area contributed by atoms with Gasteiger partial charge in [0.2, 0.25) is 5.91 Å². The van der Waals surface area contributed by atoms with Gasteiger partial charge in [0.05, 0.1) is 29.8 Å². The molecule has 3 rings (SSSR count). The maximum atomic E-state index is 14.4. The second-order valence-electron chi connectivity index (χ2n) is 8.38. The van der Waals surface area contributed by atoms with Gasteiger partial charge < -0.3 is 9.64 Å². The van der Waals surface area contributed by atoms with Gasteiger partial charge in [0.1, 0.15) is 11.9 Å². The van der Waals surface area contributed by atoms with Gasteiger partial charge in [-0.1, -0.05) is 19.1 Å². The second kappa shape index (κ2) is 9.52. The monoisotopic (exact) mass is 454 g/mol. The largest absolute Gasteiger partial charge is 0.462 e. The molecule has 174 valence electrons. The number of rotatable bonds is 7. The standard InChI is InChI=1S/C25H27FN2O5/c1-5-25(3,4)28(22(30)18-9-7-8-10-19(18)26)20-15-21(29)27(23(20)31)17-13-11-16(12-14-17)24(32)33-6-2/h7-14,20H,5-6,15H2,1-4H3. The predicted molar refractivity (Wildman–Crippen MR) is 120 cm³/mol. The van der Waals surface area contributed by atoms with Crippen LogP contribution in [-0.4, -0.2) is 46.8 Å². The highest BCUT2D eigenvalue weighted by molar-refractivity contribution is 6.23. The molecule has 0 N–H and O–H groups in total. The van der Waals surface area contributed by atoms with E-state index < -0.39 is 41.1 Å². The van der Waals surface area contributed by atoms with Crippen molar-refractivity contribution in [1.82, 2.24) is 4.90 Å². The van der Waals surface area contributed by atoms with Crippen molar-refractivity contribution < 1.29 is 28.3 Å². The van der Waals surface area contributed by atoms with E-state index in [0.717, 1.165) is 4.90 Å². The lowest BCUT2D eigenvalue weighted by molar-refractivity contribution is -0.123. The normalized spacial score (nSPS) is 16.2. The molecule has 1 heterocycles. The summed E-state index contributed by atoms with van der Waals surface area (Å²) in [6.45, 7) is 7.33. The number of imide groups is 1. The first kappa shape index (κ1) is 24.1. The Kier molecular flexibility index (Phi) is 6.95. The summed E-state index contributed by atoms with van der Waals surface area (Å²) in [6, 6.07) is 10.4. The number of esters is 1. The molecule has 0 spiro atoms. The third-order valence-corrected chi connectivity index (χ3v) is 5.91. The number of nitrogens with zero attached hydrogens (tertiary/aromatic N) is 2. The molecule has 7 nitrogen and oxygen atoms in total. The first-order valence-corrected chi connectivity index (χ1v) is 10.8. The molecular formula is C25H27FN2O5. The van der Waals surface area contributed by atoms with Crippen molar-refractivity contribution >= 4 is 29.4 Å². The van der Waals surface area contributed by atoms with Crippen LogP contribution in [0, 0.1) is 5.82 Å². The van der Waals surface area contributed by atoms with Gasteiger partial charge in [-0.3, -0.25) is 14.4 Å². The Bertz CT molecular complexity index is 1080. The molecule has 3 amide bonds. The van der Waals surface area contributed by atoms with Gasteiger partial charge in [-0.05, 0) is 63.6 Å². The number of halogens is 1. The van der Waals surface area contributed by atoms with E-state index >= 15 is 0 Å². The first-order chi connectivity index (χ1) is 15.6. The average molecular weight is 454 g/mol. The molecule has 1 unspecified atom stereocenters. The zero-order valence-corrected chi connectivity index (χ0v) is 19.1. The summed E-state index contributed by atoms with van der Waals surface area (Å²) in [5.74, 6) is -2.90. The minimum atomic E-state index is -1.08. The van der Waals surface area contributed by atoms with Crippen LogP contribution < -0.4 is 4.90 Å². The molecule has 2 aromatic carbocycles. The quantitative estimate of drug-likeness (QED) is 0.467. The van der Waals surface area contributed by atoms with Crippen LogP contribution in [0.3, 0.4) is 0 Å². The summed E-state index contributed by atoms with van der Waals surface area (Å²) in [5.41, 5.74) is -0.395. The van der Waals surface area contributed by atoms with Crippen molar-refractivity contribution in [3.05, 3.63) is 65.5 Å². The number of hydrogen-bond donors (Lipinski definition) is 0. The molecule has 1 aliphatic heterocycles. The Hall–Kier alpha value is -3.55. The highest BCUT2D eigenvalue weighted by Gasteiger charge is 2.48. The molecule has 0 radical (unpaired) electrons. The van der Waals surface area contributed by atoms with Crippen LogP contribution in [0.1, 0.15) is 61.3 Å². The minimum absolute atomic E-state index is 0.156. The zero-order chi connectivity index (χ0) is 24.3. The van der Waals surface area contributed by atoms with E-state index in [-0.39, 0.29) is 24.3 Å². The van der Waals surface area contributed by atoms with E-state index in [1.165, 1.54) is 47.4 Å². The molecule has 0 saturated carbocycles. The topological polar surface area (TPSA) is 84.0 Å². The SMILES string of the molecule is CCOC(=O)c1ccc(N2C(=O)CC(N(C(=O)c3ccccc3F)C(C)(C)CC)C2=O)cc1. The lowest BCUT2D eigenvalue weighted by Crippen LogP contribution is -2.55. The number of ether oxygens (including phenoxy) is 1. The summed E-state index contributed by atoms with van der Waals surface area (Å²) in [5, 5.41) is 0. The fourth-order valence-corrected chi connectivity index (χ4v) is 3.82. The Morgan fingerprint density at radius 3 is 2.30 bits per heavy atom. The fourth-order valence-electron chi connectivity index (χ4n) is 3.82. The third kappa shape index (κ3) is 4.65. The summed E-state index contributed by atoms with van der Waals surface area (Å²) in [6.07, 6.45) is 0.265. The van der Waals surface area contributed by atoms with Crippen LogP contribution in [0.2, 0.25) is 0 Å². The zero-order valence-electron chi connectivity index (χ0n) is 19.1. The molecule has 1 saturated heterocycles. The number of carbonyl (C=O) groups is 4. The Morgan fingerprint density at radius 2 is 1.73 bits per heavy atom. The molecule has 1 aliphatic rings. The number of carbonyl (C=O) groups excluding carboxylic acids is 4. The molecule has 0 aromatic heterocycles. The van der Waals surface area contributed by atoms with Crippen LogP contribution in [0.5, 0.6) is 0 Å². The molecule has 0 bridgehead atoms. The van der Waals surface area contributed by atoms with E-state index in [2.05, 4.69) is 0 Å². The average Bonchev–Trinajstić information content (AvgIpc) is 3.07. The molecule has 2 aromatic rings. The molecule has 0 aliphatic carbocycles. The molecule has 33 heavy (non-hydrogen) atoms. The number of hydrogen-bond acceptors (Lipinski definition) is 5. The number of amides is 3. The van der Waals surface area contributed by atoms with Crippen LogP contribution in [0.25, 0.3) is 0 Å². The van der Waals surface area contributed by atoms with Crippen LogP contribution in [-0.2, 0) is 14.3 Å². The summed E-state index contributed by atoms with van der Waals surface area (Å²) < 4.78 is 19.4. The van der Waals surface area contributed by atoms with Gasteiger partial charge in [-0.15, -0.1) is 0 Å². The highest BCUT2D eigenvalue weighted by atomic mass is 19.1. The first-order valence-electron chi connectivity index (χ1n) is 10.8.